The predicted molar refractivity (Wildman–Crippen MR) is 74.3 cm³/mol. The standard InChI is InChI=1S/C14H13N3O2/c1-16(2)9-3-4-11-10(7-9)12(8-15-11)17-13(18)5-6-14(17)19/h3-8,15H,1-2H3. The lowest BCUT2D eigenvalue weighted by atomic mass is 10.2. The summed E-state index contributed by atoms with van der Waals surface area (Å²) >= 11 is 0. The number of H-pyrrole nitrogens is 1. The molecule has 19 heavy (non-hydrogen) atoms. The van der Waals surface area contributed by atoms with Gasteiger partial charge in [0.05, 0.1) is 5.69 Å². The molecule has 2 heterocycles. The lowest BCUT2D eigenvalue weighted by Crippen LogP contribution is -2.29. The molecule has 0 unspecified atom stereocenters. The minimum absolute atomic E-state index is 0.304. The van der Waals surface area contributed by atoms with Crippen LogP contribution in [0.4, 0.5) is 11.4 Å². The average Bonchev–Trinajstić information content (AvgIpc) is 2.92. The molecule has 1 aromatic carbocycles. The van der Waals surface area contributed by atoms with Crippen LogP contribution in [0.2, 0.25) is 0 Å². The van der Waals surface area contributed by atoms with Crippen LogP contribution in [0.3, 0.4) is 0 Å². The van der Waals surface area contributed by atoms with Gasteiger partial charge in [0.25, 0.3) is 11.8 Å². The van der Waals surface area contributed by atoms with Gasteiger partial charge in [-0.05, 0) is 18.2 Å². The Balaban J connectivity index is 2.16. The number of aromatic amines is 1. The van der Waals surface area contributed by atoms with Crippen molar-refractivity contribution in [1.29, 1.82) is 0 Å². The molecular weight excluding hydrogens is 242 g/mol. The van der Waals surface area contributed by atoms with E-state index < -0.39 is 0 Å². The highest BCUT2D eigenvalue weighted by Gasteiger charge is 2.27. The van der Waals surface area contributed by atoms with Gasteiger partial charge in [0.1, 0.15) is 0 Å². The van der Waals surface area contributed by atoms with Crippen LogP contribution in [0.5, 0.6) is 0 Å². The van der Waals surface area contributed by atoms with Crippen molar-refractivity contribution in [3.63, 3.8) is 0 Å². The van der Waals surface area contributed by atoms with E-state index in [1.54, 1.807) is 6.20 Å². The summed E-state index contributed by atoms with van der Waals surface area (Å²) in [4.78, 5) is 29.7. The van der Waals surface area contributed by atoms with E-state index in [9.17, 15) is 9.59 Å². The Morgan fingerprint density at radius 1 is 1.11 bits per heavy atom. The fraction of sp³-hybridized carbons (Fsp3) is 0.143. The Bertz CT molecular complexity index is 695. The third kappa shape index (κ3) is 1.71. The van der Waals surface area contributed by atoms with E-state index in [0.717, 1.165) is 16.6 Å². The first-order chi connectivity index (χ1) is 9.08. The van der Waals surface area contributed by atoms with Gasteiger partial charge in [-0.15, -0.1) is 0 Å². The first kappa shape index (κ1) is 11.5. The number of benzene rings is 1. The normalized spacial score (nSPS) is 14.7. The van der Waals surface area contributed by atoms with E-state index in [4.69, 9.17) is 0 Å². The molecule has 0 spiro atoms. The Morgan fingerprint density at radius 2 is 1.79 bits per heavy atom. The maximum absolute atomic E-state index is 11.7. The summed E-state index contributed by atoms with van der Waals surface area (Å²) in [6, 6.07) is 5.88. The topological polar surface area (TPSA) is 56.4 Å². The molecule has 0 bridgehead atoms. The van der Waals surface area contributed by atoms with Gasteiger partial charge < -0.3 is 9.88 Å². The van der Waals surface area contributed by atoms with Crippen molar-refractivity contribution in [2.75, 3.05) is 23.9 Å². The number of hydrogen-bond acceptors (Lipinski definition) is 3. The lowest BCUT2D eigenvalue weighted by molar-refractivity contribution is -0.119. The molecule has 2 amide bonds. The number of nitrogens with one attached hydrogen (secondary N) is 1. The number of carbonyl (C=O) groups is 2. The van der Waals surface area contributed by atoms with Gasteiger partial charge in [-0.2, -0.15) is 0 Å². The van der Waals surface area contributed by atoms with E-state index in [0.29, 0.717) is 5.69 Å². The Morgan fingerprint density at radius 3 is 2.42 bits per heavy atom. The molecule has 1 N–H and O–H groups in total. The molecule has 0 saturated carbocycles. The molecule has 3 rings (SSSR count). The number of rotatable bonds is 2. The van der Waals surface area contributed by atoms with Gasteiger partial charge >= 0.3 is 0 Å². The minimum atomic E-state index is -0.304. The van der Waals surface area contributed by atoms with Gasteiger partial charge in [0.2, 0.25) is 0 Å². The summed E-state index contributed by atoms with van der Waals surface area (Å²) in [5, 5.41) is 0.858. The van der Waals surface area contributed by atoms with Crippen molar-refractivity contribution in [3.8, 4) is 0 Å². The third-order valence-corrected chi connectivity index (χ3v) is 3.21. The van der Waals surface area contributed by atoms with Gasteiger partial charge in [0, 0.05) is 49.0 Å². The second-order valence-electron chi connectivity index (χ2n) is 4.64. The van der Waals surface area contributed by atoms with Crippen molar-refractivity contribution in [2.24, 2.45) is 0 Å². The summed E-state index contributed by atoms with van der Waals surface area (Å²) in [6.45, 7) is 0. The van der Waals surface area contributed by atoms with Crippen molar-refractivity contribution in [3.05, 3.63) is 36.5 Å². The zero-order valence-electron chi connectivity index (χ0n) is 10.7. The molecular formula is C14H13N3O2. The molecule has 5 nitrogen and oxygen atoms in total. The fourth-order valence-electron chi connectivity index (χ4n) is 2.19. The van der Waals surface area contributed by atoms with Crippen molar-refractivity contribution >= 4 is 34.1 Å². The Kier molecular flexibility index (Phi) is 2.41. The van der Waals surface area contributed by atoms with Crippen LogP contribution in [-0.2, 0) is 9.59 Å². The van der Waals surface area contributed by atoms with E-state index >= 15 is 0 Å². The van der Waals surface area contributed by atoms with Gasteiger partial charge in [-0.3, -0.25) is 9.59 Å². The molecule has 0 atom stereocenters. The number of nitrogens with zero attached hydrogens (tertiary/aromatic N) is 2. The van der Waals surface area contributed by atoms with Crippen molar-refractivity contribution in [1.82, 2.24) is 4.98 Å². The van der Waals surface area contributed by atoms with E-state index in [2.05, 4.69) is 4.98 Å². The van der Waals surface area contributed by atoms with Crippen LogP contribution in [0, 0.1) is 0 Å². The first-order valence-corrected chi connectivity index (χ1v) is 5.92. The van der Waals surface area contributed by atoms with E-state index in [1.165, 1.54) is 17.1 Å². The van der Waals surface area contributed by atoms with Crippen LogP contribution >= 0.6 is 0 Å². The number of hydrogen-bond donors (Lipinski definition) is 1. The van der Waals surface area contributed by atoms with Crippen LogP contribution in [0.15, 0.2) is 36.5 Å². The molecule has 1 aliphatic heterocycles. The molecule has 5 heteroatoms. The highest BCUT2D eigenvalue weighted by Crippen LogP contribution is 2.31. The summed E-state index contributed by atoms with van der Waals surface area (Å²) in [5.41, 5.74) is 2.51. The second-order valence-corrected chi connectivity index (χ2v) is 4.64. The van der Waals surface area contributed by atoms with Crippen LogP contribution < -0.4 is 9.80 Å². The van der Waals surface area contributed by atoms with Crippen molar-refractivity contribution in [2.45, 2.75) is 0 Å². The number of anilines is 2. The molecule has 0 radical (unpaired) electrons. The molecule has 0 fully saturated rings. The van der Waals surface area contributed by atoms with Crippen molar-refractivity contribution < 1.29 is 9.59 Å². The zero-order valence-corrected chi connectivity index (χ0v) is 10.7. The largest absolute Gasteiger partial charge is 0.378 e. The average molecular weight is 255 g/mol. The summed E-state index contributed by atoms with van der Waals surface area (Å²) < 4.78 is 0. The second kappa shape index (κ2) is 3.98. The van der Waals surface area contributed by atoms with Crippen LogP contribution in [-0.4, -0.2) is 30.9 Å². The number of aromatic nitrogens is 1. The molecule has 96 valence electrons. The van der Waals surface area contributed by atoms with Gasteiger partial charge in [0.15, 0.2) is 0 Å². The third-order valence-electron chi connectivity index (χ3n) is 3.21. The molecule has 0 saturated heterocycles. The molecule has 1 aromatic heterocycles. The molecule has 2 aromatic rings. The van der Waals surface area contributed by atoms with E-state index in [1.807, 2.05) is 37.2 Å². The first-order valence-electron chi connectivity index (χ1n) is 5.92. The van der Waals surface area contributed by atoms with Gasteiger partial charge in [-0.1, -0.05) is 0 Å². The number of fused-ring (bicyclic) bond motifs is 1. The SMILES string of the molecule is CN(C)c1ccc2[nH]cc(N3C(=O)C=CC3=O)c2c1. The quantitative estimate of drug-likeness (QED) is 0.830. The predicted octanol–water partition coefficient (Wildman–Crippen LogP) is 1.66. The number of amides is 2. The summed E-state index contributed by atoms with van der Waals surface area (Å²) in [7, 11) is 3.89. The zero-order chi connectivity index (χ0) is 13.6. The minimum Gasteiger partial charge on any atom is -0.378 e. The summed E-state index contributed by atoms with van der Waals surface area (Å²) in [5.74, 6) is -0.609. The number of imide groups is 1. The van der Waals surface area contributed by atoms with Gasteiger partial charge in [-0.25, -0.2) is 4.90 Å². The Hall–Kier alpha value is -2.56. The van der Waals surface area contributed by atoms with Crippen LogP contribution in [0.1, 0.15) is 0 Å². The fourth-order valence-corrected chi connectivity index (χ4v) is 2.19. The maximum Gasteiger partial charge on any atom is 0.258 e. The van der Waals surface area contributed by atoms with E-state index in [-0.39, 0.29) is 11.8 Å². The highest BCUT2D eigenvalue weighted by atomic mass is 16.2. The Labute approximate surface area is 110 Å². The molecule has 0 aliphatic carbocycles. The lowest BCUT2D eigenvalue weighted by Gasteiger charge is -2.15. The number of carbonyl (C=O) groups excluding carboxylic acids is 2. The molecule has 1 aliphatic rings. The maximum atomic E-state index is 11.7. The smallest absolute Gasteiger partial charge is 0.258 e. The van der Waals surface area contributed by atoms with Crippen LogP contribution in [0.25, 0.3) is 10.9 Å². The summed E-state index contributed by atoms with van der Waals surface area (Å²) in [6.07, 6.45) is 4.26. The monoisotopic (exact) mass is 255 g/mol. The highest BCUT2D eigenvalue weighted by molar-refractivity contribution is 6.30.